The second-order valence-electron chi connectivity index (χ2n) is 4.44. The van der Waals surface area contributed by atoms with Crippen molar-refractivity contribution in [1.29, 1.82) is 0 Å². The average Bonchev–Trinajstić information content (AvgIpc) is 2.84. The molecule has 1 aromatic heterocycles. The van der Waals surface area contributed by atoms with E-state index in [1.54, 1.807) is 14.2 Å². The van der Waals surface area contributed by atoms with Crippen LogP contribution in [0.5, 0.6) is 11.5 Å². The molecule has 6 heteroatoms. The Balaban J connectivity index is 2.40. The monoisotopic (exact) mass is 320 g/mol. The number of fused-ring (bicyclic) bond motifs is 1. The zero-order valence-corrected chi connectivity index (χ0v) is 13.1. The largest absolute Gasteiger partial charge is 0.497 e. The van der Waals surface area contributed by atoms with E-state index in [1.807, 2.05) is 41.0 Å². The van der Waals surface area contributed by atoms with E-state index < -0.39 is 0 Å². The molecule has 0 spiro atoms. The number of para-hydroxylation sites is 1. The highest BCUT2D eigenvalue weighted by Gasteiger charge is 2.14. The van der Waals surface area contributed by atoms with Crippen LogP contribution in [0.3, 0.4) is 0 Å². The van der Waals surface area contributed by atoms with Crippen LogP contribution in [0, 0.1) is 4.77 Å². The van der Waals surface area contributed by atoms with Crippen LogP contribution in [0.1, 0.15) is 0 Å². The maximum Gasteiger partial charge on any atom is 0.182 e. The van der Waals surface area contributed by atoms with Gasteiger partial charge in [-0.3, -0.25) is 4.57 Å². The third-order valence-corrected chi connectivity index (χ3v) is 3.87. The molecular weight excluding hydrogens is 308 g/mol. The number of aromatic amines is 1. The minimum Gasteiger partial charge on any atom is -0.497 e. The summed E-state index contributed by atoms with van der Waals surface area (Å²) in [7, 11) is 3.23. The van der Waals surface area contributed by atoms with E-state index in [0.717, 1.165) is 16.7 Å². The molecule has 0 radical (unpaired) electrons. The molecule has 0 aliphatic rings. The molecule has 0 saturated carbocycles. The summed E-state index contributed by atoms with van der Waals surface area (Å²) in [5, 5.41) is 0.615. The maximum absolute atomic E-state index is 6.34. The van der Waals surface area contributed by atoms with Crippen LogP contribution in [-0.4, -0.2) is 23.8 Å². The third-order valence-electron chi connectivity index (χ3n) is 3.28. The molecule has 108 valence electrons. The van der Waals surface area contributed by atoms with Crippen molar-refractivity contribution in [1.82, 2.24) is 9.55 Å². The van der Waals surface area contributed by atoms with Crippen LogP contribution in [0.15, 0.2) is 36.4 Å². The summed E-state index contributed by atoms with van der Waals surface area (Å²) >= 11 is 11.8. The molecule has 0 aliphatic heterocycles. The standard InChI is InChI=1S/C15H13ClN2O2S/c1-19-9-6-7-13(20-2)12(8-9)18-14-10(16)4-3-5-11(14)17-15(18)21/h3-8H,1-2H3,(H,17,21). The second kappa shape index (κ2) is 5.42. The van der Waals surface area contributed by atoms with Crippen molar-refractivity contribution in [3.05, 3.63) is 46.2 Å². The molecule has 0 unspecified atom stereocenters. The maximum atomic E-state index is 6.34. The molecule has 4 nitrogen and oxygen atoms in total. The van der Waals surface area contributed by atoms with Crippen molar-refractivity contribution >= 4 is 34.9 Å². The van der Waals surface area contributed by atoms with Gasteiger partial charge in [-0.1, -0.05) is 17.7 Å². The molecule has 0 aliphatic carbocycles. The van der Waals surface area contributed by atoms with E-state index in [9.17, 15) is 0 Å². The summed E-state index contributed by atoms with van der Waals surface area (Å²) in [5.41, 5.74) is 2.47. The van der Waals surface area contributed by atoms with Crippen LogP contribution in [-0.2, 0) is 0 Å². The zero-order chi connectivity index (χ0) is 15.0. The summed E-state index contributed by atoms with van der Waals surface area (Å²) in [4.78, 5) is 3.15. The van der Waals surface area contributed by atoms with E-state index >= 15 is 0 Å². The molecule has 3 rings (SSSR count). The number of rotatable bonds is 3. The van der Waals surface area contributed by atoms with E-state index in [1.165, 1.54) is 0 Å². The summed E-state index contributed by atoms with van der Waals surface area (Å²) in [6.45, 7) is 0. The van der Waals surface area contributed by atoms with Crippen molar-refractivity contribution in [2.45, 2.75) is 0 Å². The van der Waals surface area contributed by atoms with Crippen LogP contribution in [0.4, 0.5) is 0 Å². The number of ether oxygens (including phenoxy) is 2. The Bertz CT molecular complexity index is 870. The molecule has 1 N–H and O–H groups in total. The number of hydrogen-bond donors (Lipinski definition) is 1. The number of nitrogens with one attached hydrogen (secondary N) is 1. The lowest BCUT2D eigenvalue weighted by Gasteiger charge is -2.12. The van der Waals surface area contributed by atoms with Crippen molar-refractivity contribution in [2.24, 2.45) is 0 Å². The molecule has 0 atom stereocenters. The predicted molar refractivity (Wildman–Crippen MR) is 86.6 cm³/mol. The van der Waals surface area contributed by atoms with Crippen molar-refractivity contribution in [3.63, 3.8) is 0 Å². The van der Waals surface area contributed by atoms with Gasteiger partial charge in [-0.2, -0.15) is 0 Å². The summed E-state index contributed by atoms with van der Waals surface area (Å²) in [6, 6.07) is 11.2. The predicted octanol–water partition coefficient (Wildman–Crippen LogP) is 4.36. The summed E-state index contributed by atoms with van der Waals surface area (Å²) in [5.74, 6) is 1.40. The molecule has 2 aromatic carbocycles. The lowest BCUT2D eigenvalue weighted by atomic mass is 10.2. The molecular formula is C15H13ClN2O2S. The first-order valence-corrected chi connectivity index (χ1v) is 7.06. The number of methoxy groups -OCH3 is 2. The van der Waals surface area contributed by atoms with Gasteiger partial charge >= 0.3 is 0 Å². The lowest BCUT2D eigenvalue weighted by Crippen LogP contribution is -1.99. The minimum atomic E-state index is 0.546. The van der Waals surface area contributed by atoms with E-state index in [2.05, 4.69) is 4.98 Å². The van der Waals surface area contributed by atoms with Crippen LogP contribution >= 0.6 is 23.8 Å². The third kappa shape index (κ3) is 2.28. The second-order valence-corrected chi connectivity index (χ2v) is 5.23. The zero-order valence-electron chi connectivity index (χ0n) is 11.5. The number of benzene rings is 2. The fourth-order valence-corrected chi connectivity index (χ4v) is 2.88. The fraction of sp³-hybridized carbons (Fsp3) is 0.133. The smallest absolute Gasteiger partial charge is 0.182 e. The van der Waals surface area contributed by atoms with Gasteiger partial charge in [0.25, 0.3) is 0 Å². The molecule has 0 fully saturated rings. The number of halogens is 1. The van der Waals surface area contributed by atoms with Gasteiger partial charge in [0.05, 0.1) is 36.0 Å². The number of H-pyrrole nitrogens is 1. The average molecular weight is 321 g/mol. The topological polar surface area (TPSA) is 39.2 Å². The number of hydrogen-bond acceptors (Lipinski definition) is 3. The van der Waals surface area contributed by atoms with Gasteiger partial charge < -0.3 is 14.5 Å². The first kappa shape index (κ1) is 14.0. The van der Waals surface area contributed by atoms with Gasteiger partial charge in [-0.05, 0) is 36.5 Å². The van der Waals surface area contributed by atoms with Crippen LogP contribution in [0.2, 0.25) is 5.02 Å². The highest BCUT2D eigenvalue weighted by atomic mass is 35.5. The fourth-order valence-electron chi connectivity index (χ4n) is 2.32. The van der Waals surface area contributed by atoms with E-state index in [4.69, 9.17) is 33.3 Å². The van der Waals surface area contributed by atoms with Gasteiger partial charge in [-0.15, -0.1) is 0 Å². The number of aromatic nitrogens is 2. The molecule has 0 amide bonds. The Morgan fingerprint density at radius 2 is 1.95 bits per heavy atom. The van der Waals surface area contributed by atoms with Gasteiger partial charge in [0.15, 0.2) is 4.77 Å². The first-order chi connectivity index (χ1) is 10.2. The van der Waals surface area contributed by atoms with E-state index in [-0.39, 0.29) is 0 Å². The van der Waals surface area contributed by atoms with Crippen molar-refractivity contribution in [3.8, 4) is 17.2 Å². The van der Waals surface area contributed by atoms with Crippen LogP contribution in [0.25, 0.3) is 16.7 Å². The van der Waals surface area contributed by atoms with Gasteiger partial charge in [0.2, 0.25) is 0 Å². The van der Waals surface area contributed by atoms with Gasteiger partial charge in [-0.25, -0.2) is 0 Å². The minimum absolute atomic E-state index is 0.546. The SMILES string of the molecule is COc1ccc(OC)c(-n2c(=S)[nH]c3cccc(Cl)c32)c1. The van der Waals surface area contributed by atoms with Crippen LogP contribution < -0.4 is 9.47 Å². The van der Waals surface area contributed by atoms with Crippen molar-refractivity contribution < 1.29 is 9.47 Å². The molecule has 21 heavy (non-hydrogen) atoms. The van der Waals surface area contributed by atoms with Gasteiger partial charge in [0, 0.05) is 6.07 Å². The lowest BCUT2D eigenvalue weighted by molar-refractivity contribution is 0.401. The van der Waals surface area contributed by atoms with Crippen molar-refractivity contribution in [2.75, 3.05) is 14.2 Å². The normalized spacial score (nSPS) is 10.8. The Morgan fingerprint density at radius 1 is 1.14 bits per heavy atom. The quantitative estimate of drug-likeness (QED) is 0.729. The van der Waals surface area contributed by atoms with Gasteiger partial charge in [0.1, 0.15) is 11.5 Å². The number of nitrogens with zero attached hydrogens (tertiary/aromatic N) is 1. The highest BCUT2D eigenvalue weighted by molar-refractivity contribution is 7.71. The molecule has 3 aromatic rings. The molecule has 0 saturated heterocycles. The summed E-state index contributed by atoms with van der Waals surface area (Å²) in [6.07, 6.45) is 0. The Labute approximate surface area is 131 Å². The molecule has 0 bridgehead atoms. The molecule has 1 heterocycles. The first-order valence-electron chi connectivity index (χ1n) is 6.27. The Hall–Kier alpha value is -1.98. The Morgan fingerprint density at radius 3 is 2.67 bits per heavy atom. The van der Waals surface area contributed by atoms with E-state index in [0.29, 0.717) is 21.3 Å². The summed E-state index contributed by atoms with van der Waals surface area (Å²) < 4.78 is 13.1. The Kier molecular flexibility index (Phi) is 3.61. The highest BCUT2D eigenvalue weighted by Crippen LogP contribution is 2.33. The number of imidazole rings is 1.